The smallest absolute Gasteiger partial charge is 0.303 e. The number of carbonyl (C=O) groups is 1. The molecule has 0 radical (unpaired) electrons. The Morgan fingerprint density at radius 3 is 2.22 bits per heavy atom. The number of carboxylic acid groups (broad SMARTS) is 1. The predicted octanol–water partition coefficient (Wildman–Crippen LogP) is 1.60. The van der Waals surface area contributed by atoms with Crippen LogP contribution in [0.1, 0.15) is 46.5 Å². The molecule has 0 aliphatic heterocycles. The third-order valence-electron chi connectivity index (χ3n) is 3.23. The molecule has 0 bridgehead atoms. The Morgan fingerprint density at radius 1 is 1.33 bits per heavy atom. The molecule has 0 aromatic heterocycles. The second-order valence-corrected chi connectivity index (χ2v) is 8.37. The molecule has 0 amide bonds. The van der Waals surface area contributed by atoms with Gasteiger partial charge in [-0.2, -0.15) is 0 Å². The summed E-state index contributed by atoms with van der Waals surface area (Å²) in [5.74, 6) is -0.798. The fourth-order valence-corrected chi connectivity index (χ4v) is 4.07. The minimum Gasteiger partial charge on any atom is -0.481 e. The second-order valence-electron chi connectivity index (χ2n) is 6.56. The van der Waals surface area contributed by atoms with Crippen molar-refractivity contribution in [2.75, 3.05) is 12.3 Å². The molecule has 2 N–H and O–H groups in total. The molecule has 1 rings (SSSR count). The zero-order chi connectivity index (χ0) is 14.0. The first-order valence-electron chi connectivity index (χ1n) is 6.23. The summed E-state index contributed by atoms with van der Waals surface area (Å²) in [6.07, 6.45) is 2.61. The molecule has 0 spiro atoms. The average Bonchev–Trinajstić information content (AvgIpc) is 2.04. The van der Waals surface area contributed by atoms with Crippen molar-refractivity contribution in [1.29, 1.82) is 0 Å². The fourth-order valence-electron chi connectivity index (χ4n) is 2.30. The van der Waals surface area contributed by atoms with Crippen LogP contribution in [0.5, 0.6) is 0 Å². The van der Waals surface area contributed by atoms with Crippen molar-refractivity contribution < 1.29 is 18.3 Å². The maximum Gasteiger partial charge on any atom is 0.303 e. The summed E-state index contributed by atoms with van der Waals surface area (Å²) in [4.78, 5) is 10.8. The van der Waals surface area contributed by atoms with Gasteiger partial charge >= 0.3 is 5.97 Å². The van der Waals surface area contributed by atoms with Gasteiger partial charge in [0.05, 0.1) is 12.2 Å². The lowest BCUT2D eigenvalue weighted by Crippen LogP contribution is -2.45. The molecule has 0 aromatic rings. The van der Waals surface area contributed by atoms with Crippen LogP contribution in [0.3, 0.4) is 0 Å². The molecule has 1 saturated carbocycles. The van der Waals surface area contributed by atoms with Crippen molar-refractivity contribution in [3.8, 4) is 0 Å². The van der Waals surface area contributed by atoms with Gasteiger partial charge in [-0.1, -0.05) is 27.2 Å². The summed E-state index contributed by atoms with van der Waals surface area (Å²) in [5, 5.41) is 8.85. The van der Waals surface area contributed by atoms with Crippen LogP contribution >= 0.6 is 0 Å². The molecule has 106 valence electrons. The zero-order valence-corrected chi connectivity index (χ0v) is 12.1. The molecule has 0 aromatic carbocycles. The van der Waals surface area contributed by atoms with Gasteiger partial charge in [0, 0.05) is 6.54 Å². The minimum absolute atomic E-state index is 0.0467. The Hall–Kier alpha value is -0.620. The molecule has 0 heterocycles. The largest absolute Gasteiger partial charge is 0.481 e. The van der Waals surface area contributed by atoms with E-state index in [4.69, 9.17) is 5.11 Å². The van der Waals surface area contributed by atoms with Gasteiger partial charge in [0.1, 0.15) is 0 Å². The molecular weight excluding hydrogens is 254 g/mol. The molecule has 0 unspecified atom stereocenters. The van der Waals surface area contributed by atoms with Crippen molar-refractivity contribution in [2.24, 2.45) is 10.8 Å². The van der Waals surface area contributed by atoms with Crippen molar-refractivity contribution in [1.82, 2.24) is 4.72 Å². The molecule has 1 aliphatic rings. The van der Waals surface area contributed by atoms with Gasteiger partial charge in [0.15, 0.2) is 0 Å². The first kappa shape index (κ1) is 15.4. The highest BCUT2D eigenvalue weighted by atomic mass is 32.2. The summed E-state index contributed by atoms with van der Waals surface area (Å²) in [7, 11) is -3.33. The highest BCUT2D eigenvalue weighted by Crippen LogP contribution is 2.43. The highest BCUT2D eigenvalue weighted by molar-refractivity contribution is 7.89. The molecule has 6 heteroatoms. The highest BCUT2D eigenvalue weighted by Gasteiger charge is 2.39. The number of hydrogen-bond donors (Lipinski definition) is 2. The van der Waals surface area contributed by atoms with Crippen molar-refractivity contribution in [3.05, 3.63) is 0 Å². The fraction of sp³-hybridized carbons (Fsp3) is 0.917. The van der Waals surface area contributed by atoms with E-state index in [9.17, 15) is 13.2 Å². The number of hydrogen-bond acceptors (Lipinski definition) is 3. The van der Waals surface area contributed by atoms with Gasteiger partial charge in [-0.25, -0.2) is 13.1 Å². The van der Waals surface area contributed by atoms with Crippen LogP contribution in [0.2, 0.25) is 0 Å². The van der Waals surface area contributed by atoms with E-state index in [1.807, 2.05) is 20.8 Å². The molecular formula is C12H23NO4S. The Bertz CT molecular complexity index is 404. The Labute approximate surface area is 109 Å². The Morgan fingerprint density at radius 2 is 1.89 bits per heavy atom. The van der Waals surface area contributed by atoms with Crippen LogP contribution in [0.4, 0.5) is 0 Å². The maximum absolute atomic E-state index is 11.9. The van der Waals surface area contributed by atoms with Crippen molar-refractivity contribution in [2.45, 2.75) is 46.5 Å². The summed E-state index contributed by atoms with van der Waals surface area (Å²) in [6, 6.07) is 0. The SMILES string of the molecule is CC(C)(C)CS(=O)(=O)NCC1(CC(=O)O)CCC1. The van der Waals surface area contributed by atoms with Crippen LogP contribution in [-0.4, -0.2) is 31.8 Å². The summed E-state index contributed by atoms with van der Waals surface area (Å²) < 4.78 is 26.3. The number of rotatable bonds is 6. The number of sulfonamides is 1. The van der Waals surface area contributed by atoms with Gasteiger partial charge in [0.25, 0.3) is 0 Å². The summed E-state index contributed by atoms with van der Waals surface area (Å²) in [6.45, 7) is 5.84. The minimum atomic E-state index is -3.33. The lowest BCUT2D eigenvalue weighted by Gasteiger charge is -2.41. The Balaban J connectivity index is 2.55. The normalized spacial score (nSPS) is 19.3. The molecule has 0 saturated heterocycles. The second kappa shape index (κ2) is 5.17. The van der Waals surface area contributed by atoms with Gasteiger partial charge in [-0.15, -0.1) is 0 Å². The summed E-state index contributed by atoms with van der Waals surface area (Å²) >= 11 is 0. The molecule has 1 aliphatic carbocycles. The first-order valence-corrected chi connectivity index (χ1v) is 7.88. The van der Waals surface area contributed by atoms with Gasteiger partial charge in [0.2, 0.25) is 10.0 Å². The first-order chi connectivity index (χ1) is 8.04. The molecule has 0 atom stereocenters. The van der Waals surface area contributed by atoms with Crippen molar-refractivity contribution >= 4 is 16.0 Å². The van der Waals surface area contributed by atoms with E-state index in [0.717, 1.165) is 19.3 Å². The van der Waals surface area contributed by atoms with E-state index < -0.39 is 16.0 Å². The predicted molar refractivity (Wildman–Crippen MR) is 69.8 cm³/mol. The zero-order valence-electron chi connectivity index (χ0n) is 11.3. The van der Waals surface area contributed by atoms with Crippen LogP contribution in [0, 0.1) is 10.8 Å². The van der Waals surface area contributed by atoms with Crippen LogP contribution in [0.15, 0.2) is 0 Å². The van der Waals surface area contributed by atoms with E-state index in [1.165, 1.54) is 0 Å². The van der Waals surface area contributed by atoms with Crippen molar-refractivity contribution in [3.63, 3.8) is 0 Å². The van der Waals surface area contributed by atoms with Gasteiger partial charge in [-0.3, -0.25) is 4.79 Å². The van der Waals surface area contributed by atoms with E-state index in [0.29, 0.717) is 0 Å². The van der Waals surface area contributed by atoms with Crippen LogP contribution < -0.4 is 4.72 Å². The van der Waals surface area contributed by atoms with Gasteiger partial charge < -0.3 is 5.11 Å². The van der Waals surface area contributed by atoms with E-state index in [-0.39, 0.29) is 29.5 Å². The molecule has 5 nitrogen and oxygen atoms in total. The quantitative estimate of drug-likeness (QED) is 0.772. The van der Waals surface area contributed by atoms with Crippen LogP contribution in [-0.2, 0) is 14.8 Å². The molecule has 18 heavy (non-hydrogen) atoms. The van der Waals surface area contributed by atoms with E-state index in [1.54, 1.807) is 0 Å². The average molecular weight is 277 g/mol. The standard InChI is InChI=1S/C12H23NO4S/c1-11(2,3)9-18(16,17)13-8-12(5-4-6-12)7-10(14)15/h13H,4-9H2,1-3H3,(H,14,15). The van der Waals surface area contributed by atoms with E-state index in [2.05, 4.69) is 4.72 Å². The number of carboxylic acids is 1. The third kappa shape index (κ3) is 4.94. The Kier molecular flexibility index (Phi) is 4.43. The summed E-state index contributed by atoms with van der Waals surface area (Å²) in [5.41, 5.74) is -0.664. The number of nitrogens with one attached hydrogen (secondary N) is 1. The topological polar surface area (TPSA) is 83.5 Å². The van der Waals surface area contributed by atoms with E-state index >= 15 is 0 Å². The molecule has 1 fully saturated rings. The van der Waals surface area contributed by atoms with Crippen LogP contribution in [0.25, 0.3) is 0 Å². The van der Waals surface area contributed by atoms with Gasteiger partial charge in [-0.05, 0) is 23.7 Å². The lowest BCUT2D eigenvalue weighted by molar-refractivity contribution is -0.141. The number of aliphatic carboxylic acids is 1. The maximum atomic E-state index is 11.9. The third-order valence-corrected chi connectivity index (χ3v) is 5.06. The lowest BCUT2D eigenvalue weighted by atomic mass is 9.67. The monoisotopic (exact) mass is 277 g/mol.